The summed E-state index contributed by atoms with van der Waals surface area (Å²) in [6, 6.07) is 16.1. The van der Waals surface area contributed by atoms with Crippen LogP contribution in [-0.4, -0.2) is 41.8 Å². The molecule has 2 fully saturated rings. The first kappa shape index (κ1) is 21.9. The number of carbonyl (C=O) groups is 3. The predicted molar refractivity (Wildman–Crippen MR) is 129 cm³/mol. The summed E-state index contributed by atoms with van der Waals surface area (Å²) in [6.07, 6.45) is 4.34. The van der Waals surface area contributed by atoms with Crippen LogP contribution in [0.2, 0.25) is 0 Å². The molecule has 7 nitrogen and oxygen atoms in total. The number of hydrogen-bond acceptors (Lipinski definition) is 4. The average Bonchev–Trinajstić information content (AvgIpc) is 3.17. The average molecular weight is 473 g/mol. The summed E-state index contributed by atoms with van der Waals surface area (Å²) in [5.41, 5.74) is 4.72. The van der Waals surface area contributed by atoms with Gasteiger partial charge in [0.1, 0.15) is 6.61 Å². The lowest BCUT2D eigenvalue weighted by Crippen LogP contribution is -2.37. The van der Waals surface area contributed by atoms with Gasteiger partial charge in [0.25, 0.3) is 0 Å². The number of rotatable bonds is 6. The number of fused-ring (bicyclic) bond motifs is 4. The van der Waals surface area contributed by atoms with Crippen LogP contribution in [0.1, 0.15) is 49.1 Å². The molecular formula is C28H28N2O5. The Bertz CT molecular complexity index is 1210. The number of nitrogens with one attached hydrogen (secondary N) is 2. The minimum absolute atomic E-state index is 0.00270. The third-order valence-electron chi connectivity index (χ3n) is 8.25. The monoisotopic (exact) mass is 472 g/mol. The molecule has 0 aromatic heterocycles. The van der Waals surface area contributed by atoms with E-state index in [1.54, 1.807) is 0 Å². The molecule has 7 heteroatoms. The first-order valence-corrected chi connectivity index (χ1v) is 12.3. The van der Waals surface area contributed by atoms with Gasteiger partial charge in [0.15, 0.2) is 0 Å². The van der Waals surface area contributed by atoms with E-state index in [0.717, 1.165) is 24.0 Å². The molecule has 2 aromatic rings. The van der Waals surface area contributed by atoms with Crippen molar-refractivity contribution >= 4 is 18.0 Å². The fourth-order valence-corrected chi connectivity index (χ4v) is 6.36. The molecule has 4 atom stereocenters. The third kappa shape index (κ3) is 3.79. The first-order chi connectivity index (χ1) is 16.9. The molecule has 2 amide bonds. The number of benzene rings is 2. The second-order valence-electron chi connectivity index (χ2n) is 10.3. The Morgan fingerprint density at radius 2 is 1.63 bits per heavy atom. The molecule has 2 saturated carbocycles. The summed E-state index contributed by atoms with van der Waals surface area (Å²) in [4.78, 5) is 36.7. The summed E-state index contributed by atoms with van der Waals surface area (Å²) >= 11 is 0. The van der Waals surface area contributed by atoms with Gasteiger partial charge in [-0.15, -0.1) is 0 Å². The van der Waals surface area contributed by atoms with Crippen molar-refractivity contribution < 1.29 is 24.2 Å². The Morgan fingerprint density at radius 1 is 0.943 bits per heavy atom. The number of aliphatic carboxylic acids is 1. The molecule has 0 aliphatic heterocycles. The van der Waals surface area contributed by atoms with Crippen LogP contribution in [0.25, 0.3) is 11.1 Å². The van der Waals surface area contributed by atoms with E-state index >= 15 is 0 Å². The Morgan fingerprint density at radius 3 is 2.29 bits per heavy atom. The SMILES string of the molecule is O=C(NC1CC=C(C(=O)N[C@@H]2C[C@H]3C[C@@]3(C(=O)O)C2)C1)OCC1c2ccccc2-c2ccccc21. The molecule has 180 valence electrons. The van der Waals surface area contributed by atoms with E-state index in [-0.39, 0.29) is 36.4 Å². The standard InChI is InChI=1S/C28H28N2O5/c31-25(29-19-12-17-13-28(17,14-19)26(32)33)16-9-10-18(11-16)30-27(34)35-15-24-22-7-3-1-5-20(22)21-6-2-4-8-23(21)24/h1-9,17-19,24H,10-15H2,(H,29,31)(H,30,34)(H,32,33)/t17-,18?,19+,28+/m0/s1. The van der Waals surface area contributed by atoms with Crippen molar-refractivity contribution in [3.8, 4) is 11.1 Å². The van der Waals surface area contributed by atoms with Crippen LogP contribution < -0.4 is 10.6 Å². The highest BCUT2D eigenvalue weighted by Crippen LogP contribution is 2.63. The Kier molecular flexibility index (Phi) is 5.16. The minimum Gasteiger partial charge on any atom is -0.481 e. The Labute approximate surface area is 203 Å². The van der Waals surface area contributed by atoms with E-state index in [1.807, 2.05) is 30.3 Å². The largest absolute Gasteiger partial charge is 0.481 e. The van der Waals surface area contributed by atoms with Gasteiger partial charge in [-0.3, -0.25) is 9.59 Å². The highest BCUT2D eigenvalue weighted by molar-refractivity contribution is 5.94. The number of alkyl carbamates (subject to hydrolysis) is 1. The number of carboxylic acid groups (broad SMARTS) is 1. The van der Waals surface area contributed by atoms with Gasteiger partial charge in [0.2, 0.25) is 5.91 Å². The molecule has 4 aliphatic rings. The zero-order valence-electron chi connectivity index (χ0n) is 19.3. The van der Waals surface area contributed by atoms with Gasteiger partial charge in [0, 0.05) is 23.6 Å². The van der Waals surface area contributed by atoms with Crippen molar-refractivity contribution in [1.29, 1.82) is 0 Å². The van der Waals surface area contributed by atoms with Gasteiger partial charge in [-0.1, -0.05) is 54.6 Å². The van der Waals surface area contributed by atoms with Crippen LogP contribution in [-0.2, 0) is 14.3 Å². The molecule has 6 rings (SSSR count). The molecule has 0 saturated heterocycles. The molecule has 3 N–H and O–H groups in total. The van der Waals surface area contributed by atoms with E-state index in [0.29, 0.717) is 24.8 Å². The van der Waals surface area contributed by atoms with Crippen molar-refractivity contribution in [3.05, 3.63) is 71.3 Å². The van der Waals surface area contributed by atoms with Crippen LogP contribution in [0.15, 0.2) is 60.2 Å². The van der Waals surface area contributed by atoms with Crippen molar-refractivity contribution in [2.45, 2.75) is 50.1 Å². The molecule has 0 heterocycles. The molecule has 35 heavy (non-hydrogen) atoms. The summed E-state index contributed by atoms with van der Waals surface area (Å²) < 4.78 is 5.63. The first-order valence-electron chi connectivity index (χ1n) is 12.3. The van der Waals surface area contributed by atoms with E-state index in [2.05, 4.69) is 34.9 Å². The second kappa shape index (κ2) is 8.26. The number of hydrogen-bond donors (Lipinski definition) is 3. The Hall–Kier alpha value is -3.61. The summed E-state index contributed by atoms with van der Waals surface area (Å²) in [5.74, 6) is -0.714. The number of carboxylic acids is 1. The maximum atomic E-state index is 12.7. The number of ether oxygens (including phenoxy) is 1. The fraction of sp³-hybridized carbons (Fsp3) is 0.393. The molecule has 4 aliphatic carbocycles. The second-order valence-corrected chi connectivity index (χ2v) is 10.3. The van der Waals surface area contributed by atoms with Gasteiger partial charge in [-0.25, -0.2) is 4.79 Å². The highest BCUT2D eigenvalue weighted by Gasteiger charge is 2.65. The molecule has 0 bridgehead atoms. The van der Waals surface area contributed by atoms with Crippen molar-refractivity contribution in [3.63, 3.8) is 0 Å². The third-order valence-corrected chi connectivity index (χ3v) is 8.25. The van der Waals surface area contributed by atoms with Crippen LogP contribution in [0, 0.1) is 11.3 Å². The zero-order chi connectivity index (χ0) is 24.2. The van der Waals surface area contributed by atoms with Gasteiger partial charge < -0.3 is 20.5 Å². The Balaban J connectivity index is 0.996. The summed E-state index contributed by atoms with van der Waals surface area (Å²) in [6.45, 7) is 0.252. The zero-order valence-corrected chi connectivity index (χ0v) is 19.3. The van der Waals surface area contributed by atoms with Crippen molar-refractivity contribution in [2.24, 2.45) is 11.3 Å². The molecule has 1 unspecified atom stereocenters. The van der Waals surface area contributed by atoms with Crippen LogP contribution in [0.5, 0.6) is 0 Å². The topological polar surface area (TPSA) is 105 Å². The van der Waals surface area contributed by atoms with Crippen LogP contribution >= 0.6 is 0 Å². The van der Waals surface area contributed by atoms with E-state index in [4.69, 9.17) is 4.74 Å². The maximum absolute atomic E-state index is 12.7. The lowest BCUT2D eigenvalue weighted by atomic mass is 9.98. The van der Waals surface area contributed by atoms with E-state index in [1.165, 1.54) is 11.1 Å². The lowest BCUT2D eigenvalue weighted by molar-refractivity contribution is -0.143. The van der Waals surface area contributed by atoms with E-state index < -0.39 is 17.5 Å². The molecule has 0 radical (unpaired) electrons. The summed E-state index contributed by atoms with van der Waals surface area (Å²) in [7, 11) is 0. The molecule has 0 spiro atoms. The summed E-state index contributed by atoms with van der Waals surface area (Å²) in [5, 5.41) is 15.3. The number of amides is 2. The van der Waals surface area contributed by atoms with Crippen molar-refractivity contribution in [1.82, 2.24) is 10.6 Å². The van der Waals surface area contributed by atoms with Gasteiger partial charge >= 0.3 is 12.1 Å². The minimum atomic E-state index is -0.744. The van der Waals surface area contributed by atoms with Gasteiger partial charge in [0.05, 0.1) is 5.41 Å². The van der Waals surface area contributed by atoms with Crippen LogP contribution in [0.3, 0.4) is 0 Å². The highest BCUT2D eigenvalue weighted by atomic mass is 16.5. The number of carbonyl (C=O) groups excluding carboxylic acids is 2. The molecular weight excluding hydrogens is 444 g/mol. The lowest BCUT2D eigenvalue weighted by Gasteiger charge is -2.18. The normalized spacial score (nSPS) is 27.9. The van der Waals surface area contributed by atoms with Crippen LogP contribution in [0.4, 0.5) is 4.79 Å². The maximum Gasteiger partial charge on any atom is 0.407 e. The quantitative estimate of drug-likeness (QED) is 0.590. The fourth-order valence-electron chi connectivity index (χ4n) is 6.36. The van der Waals surface area contributed by atoms with Gasteiger partial charge in [-0.2, -0.15) is 0 Å². The van der Waals surface area contributed by atoms with Gasteiger partial charge in [-0.05, 0) is 60.3 Å². The molecule has 2 aromatic carbocycles. The predicted octanol–water partition coefficient (Wildman–Crippen LogP) is 3.98. The van der Waals surface area contributed by atoms with E-state index in [9.17, 15) is 19.5 Å². The smallest absolute Gasteiger partial charge is 0.407 e. The van der Waals surface area contributed by atoms with Crippen molar-refractivity contribution in [2.75, 3.05) is 6.61 Å².